The van der Waals surface area contributed by atoms with Gasteiger partial charge in [-0.3, -0.25) is 4.79 Å². The van der Waals surface area contributed by atoms with Gasteiger partial charge in [0, 0.05) is 24.2 Å². The van der Waals surface area contributed by atoms with Gasteiger partial charge in [0.1, 0.15) is 11.5 Å². The summed E-state index contributed by atoms with van der Waals surface area (Å²) in [6, 6.07) is 12.6. The fraction of sp³-hybridized carbons (Fsp3) is 0.391. The van der Waals surface area contributed by atoms with Crippen LogP contribution in [0, 0.1) is 0 Å². The van der Waals surface area contributed by atoms with E-state index in [0.717, 1.165) is 19.5 Å². The van der Waals surface area contributed by atoms with Crippen molar-refractivity contribution in [2.24, 2.45) is 0 Å². The van der Waals surface area contributed by atoms with E-state index in [9.17, 15) is 4.79 Å². The Kier molecular flexibility index (Phi) is 10.1. The zero-order valence-corrected chi connectivity index (χ0v) is 19.5. The van der Waals surface area contributed by atoms with Gasteiger partial charge in [-0.05, 0) is 65.3 Å². The second-order valence-corrected chi connectivity index (χ2v) is 7.48. The van der Waals surface area contributed by atoms with Crippen LogP contribution in [0.1, 0.15) is 30.6 Å². The number of carbonyl (C=O) groups excluding carboxylic acids is 1. The fourth-order valence-electron chi connectivity index (χ4n) is 2.85. The van der Waals surface area contributed by atoms with E-state index in [1.165, 1.54) is 0 Å². The molecule has 0 atom stereocenters. The van der Waals surface area contributed by atoms with Gasteiger partial charge in [0.05, 0.1) is 24.6 Å². The van der Waals surface area contributed by atoms with Crippen molar-refractivity contribution in [2.75, 3.05) is 51.0 Å². The van der Waals surface area contributed by atoms with Crippen molar-refractivity contribution in [1.82, 2.24) is 10.2 Å². The van der Waals surface area contributed by atoms with E-state index in [1.54, 1.807) is 24.3 Å². The maximum absolute atomic E-state index is 12.6. The van der Waals surface area contributed by atoms with Gasteiger partial charge in [-0.2, -0.15) is 0 Å². The molecule has 0 saturated heterocycles. The van der Waals surface area contributed by atoms with Crippen LogP contribution < -0.4 is 25.4 Å². The lowest BCUT2D eigenvalue weighted by atomic mass is 10.2. The van der Waals surface area contributed by atoms with E-state index in [-0.39, 0.29) is 5.91 Å². The Morgan fingerprint density at radius 3 is 2.10 bits per heavy atom. The Bertz CT molecular complexity index is 859. The van der Waals surface area contributed by atoms with Gasteiger partial charge < -0.3 is 30.3 Å². The van der Waals surface area contributed by atoms with Gasteiger partial charge in [-0.1, -0.05) is 18.2 Å². The van der Waals surface area contributed by atoms with Gasteiger partial charge in [0.25, 0.3) is 5.91 Å². The van der Waals surface area contributed by atoms with Crippen LogP contribution in [0.3, 0.4) is 0 Å². The van der Waals surface area contributed by atoms with Gasteiger partial charge in [0.15, 0.2) is 5.11 Å². The Morgan fingerprint density at radius 2 is 1.55 bits per heavy atom. The number of rotatable bonds is 11. The first-order chi connectivity index (χ1) is 14.9. The first-order valence-corrected chi connectivity index (χ1v) is 10.8. The van der Waals surface area contributed by atoms with Crippen LogP contribution in [0.4, 0.5) is 11.4 Å². The summed E-state index contributed by atoms with van der Waals surface area (Å²) in [5.74, 6) is 0.891. The Labute approximate surface area is 190 Å². The molecule has 0 aliphatic rings. The molecule has 0 aromatic heterocycles. The van der Waals surface area contributed by atoms with Crippen LogP contribution >= 0.6 is 12.2 Å². The highest BCUT2D eigenvalue weighted by Gasteiger charge is 2.16. The summed E-state index contributed by atoms with van der Waals surface area (Å²) < 4.78 is 11.6. The molecule has 31 heavy (non-hydrogen) atoms. The highest BCUT2D eigenvalue weighted by molar-refractivity contribution is 7.80. The number of anilines is 2. The molecule has 0 aliphatic heterocycles. The number of ether oxygens (including phenoxy) is 2. The number of benzene rings is 2. The molecular weight excluding hydrogens is 412 g/mol. The van der Waals surface area contributed by atoms with Crippen LogP contribution in [-0.4, -0.2) is 56.3 Å². The lowest BCUT2D eigenvalue weighted by Gasteiger charge is -2.19. The van der Waals surface area contributed by atoms with Crippen molar-refractivity contribution in [2.45, 2.75) is 20.3 Å². The molecule has 0 saturated carbocycles. The molecule has 0 heterocycles. The molecule has 1 amide bonds. The third-order valence-electron chi connectivity index (χ3n) is 4.28. The molecule has 2 aromatic rings. The SMILES string of the molecule is CCOc1cc(NC(=S)NCCCN(C)C)c(OCC)cc1NC(=O)c1ccccc1. The minimum Gasteiger partial charge on any atom is -0.492 e. The topological polar surface area (TPSA) is 74.9 Å². The van der Waals surface area contributed by atoms with Crippen molar-refractivity contribution >= 4 is 34.6 Å². The molecule has 0 spiro atoms. The smallest absolute Gasteiger partial charge is 0.255 e. The first kappa shape index (κ1) is 24.4. The molecule has 168 valence electrons. The Morgan fingerprint density at radius 1 is 0.968 bits per heavy atom. The number of nitrogens with zero attached hydrogens (tertiary/aromatic N) is 1. The van der Waals surface area contributed by atoms with Crippen molar-refractivity contribution in [3.63, 3.8) is 0 Å². The number of nitrogens with one attached hydrogen (secondary N) is 3. The molecule has 0 aliphatic carbocycles. The molecule has 0 fully saturated rings. The maximum atomic E-state index is 12.6. The number of hydrogen-bond donors (Lipinski definition) is 3. The summed E-state index contributed by atoms with van der Waals surface area (Å²) in [6.07, 6.45) is 0.974. The summed E-state index contributed by atoms with van der Waals surface area (Å²) >= 11 is 5.43. The van der Waals surface area contributed by atoms with Crippen LogP contribution in [0.15, 0.2) is 42.5 Å². The number of carbonyl (C=O) groups is 1. The summed E-state index contributed by atoms with van der Waals surface area (Å²) in [4.78, 5) is 14.8. The summed E-state index contributed by atoms with van der Waals surface area (Å²) in [7, 11) is 4.08. The molecule has 0 bridgehead atoms. The highest BCUT2D eigenvalue weighted by atomic mass is 32.1. The van der Waals surface area contributed by atoms with Crippen LogP contribution in [0.2, 0.25) is 0 Å². The predicted molar refractivity (Wildman–Crippen MR) is 131 cm³/mol. The van der Waals surface area contributed by atoms with Crippen LogP contribution in [0.25, 0.3) is 0 Å². The summed E-state index contributed by atoms with van der Waals surface area (Å²) in [5.41, 5.74) is 1.77. The normalized spacial score (nSPS) is 10.5. The van der Waals surface area contributed by atoms with E-state index in [0.29, 0.717) is 46.8 Å². The van der Waals surface area contributed by atoms with Gasteiger partial charge >= 0.3 is 0 Å². The van der Waals surface area contributed by atoms with Crippen molar-refractivity contribution in [3.05, 3.63) is 48.0 Å². The molecule has 7 nitrogen and oxygen atoms in total. The van der Waals surface area contributed by atoms with Crippen molar-refractivity contribution in [1.29, 1.82) is 0 Å². The molecule has 0 unspecified atom stereocenters. The van der Waals surface area contributed by atoms with E-state index < -0.39 is 0 Å². The van der Waals surface area contributed by atoms with Gasteiger partial charge in [-0.15, -0.1) is 0 Å². The lowest BCUT2D eigenvalue weighted by Crippen LogP contribution is -2.31. The van der Waals surface area contributed by atoms with Gasteiger partial charge in [0.2, 0.25) is 0 Å². The standard InChI is InChI=1S/C23H32N4O3S/c1-5-29-20-16-19(26-23(31)24-13-10-14-27(3)4)21(30-6-2)15-18(20)25-22(28)17-11-8-7-9-12-17/h7-9,11-12,15-16H,5-6,10,13-14H2,1-4H3,(H,25,28)(H2,24,26,31). The number of thiocarbonyl (C=S) groups is 1. The second kappa shape index (κ2) is 12.8. The lowest BCUT2D eigenvalue weighted by molar-refractivity contribution is 0.102. The zero-order valence-electron chi connectivity index (χ0n) is 18.7. The summed E-state index contributed by atoms with van der Waals surface area (Å²) in [5, 5.41) is 9.81. The average Bonchev–Trinajstić information content (AvgIpc) is 2.75. The largest absolute Gasteiger partial charge is 0.492 e. The molecule has 2 aromatic carbocycles. The van der Waals surface area contributed by atoms with E-state index in [2.05, 4.69) is 20.9 Å². The van der Waals surface area contributed by atoms with Crippen molar-refractivity contribution in [3.8, 4) is 11.5 Å². The van der Waals surface area contributed by atoms with E-state index in [4.69, 9.17) is 21.7 Å². The summed E-state index contributed by atoms with van der Waals surface area (Å²) in [6.45, 7) is 6.46. The van der Waals surface area contributed by atoms with Crippen LogP contribution in [-0.2, 0) is 0 Å². The highest BCUT2D eigenvalue weighted by Crippen LogP contribution is 2.37. The second-order valence-electron chi connectivity index (χ2n) is 7.07. The van der Waals surface area contributed by atoms with Crippen molar-refractivity contribution < 1.29 is 14.3 Å². The Hall–Kier alpha value is -2.84. The quantitative estimate of drug-likeness (QED) is 0.358. The molecule has 8 heteroatoms. The fourth-order valence-corrected chi connectivity index (χ4v) is 3.06. The monoisotopic (exact) mass is 444 g/mol. The minimum absolute atomic E-state index is 0.220. The average molecular weight is 445 g/mol. The van der Waals surface area contributed by atoms with Crippen LogP contribution in [0.5, 0.6) is 11.5 Å². The molecule has 2 rings (SSSR count). The minimum atomic E-state index is -0.220. The molecule has 0 radical (unpaired) electrons. The number of amides is 1. The zero-order chi connectivity index (χ0) is 22.6. The number of hydrogen-bond acceptors (Lipinski definition) is 5. The van der Waals surface area contributed by atoms with Gasteiger partial charge in [-0.25, -0.2) is 0 Å². The first-order valence-electron chi connectivity index (χ1n) is 10.4. The maximum Gasteiger partial charge on any atom is 0.255 e. The predicted octanol–water partition coefficient (Wildman–Crippen LogP) is 3.97. The molecule has 3 N–H and O–H groups in total. The van der Waals surface area contributed by atoms with E-state index >= 15 is 0 Å². The molecular formula is C23H32N4O3S. The third-order valence-corrected chi connectivity index (χ3v) is 4.53. The third kappa shape index (κ3) is 8.07. The van der Waals surface area contributed by atoms with E-state index in [1.807, 2.05) is 46.1 Å². The Balaban J connectivity index is 2.19.